The smallest absolute Gasteiger partial charge is 0.270 e. The molecule has 0 fully saturated rings. The van der Waals surface area contributed by atoms with Gasteiger partial charge < -0.3 is 10.6 Å². The molecule has 0 saturated heterocycles. The van der Waals surface area contributed by atoms with Crippen molar-refractivity contribution in [2.45, 2.75) is 13.5 Å². The summed E-state index contributed by atoms with van der Waals surface area (Å²) in [6.07, 6.45) is 3.03. The molecule has 94 valence electrons. The SMILES string of the molecule is CCNc1ccc(C(=O)NCc2ncn[nH]2)nc1. The molecule has 0 atom stereocenters. The molecule has 0 unspecified atom stereocenters. The molecule has 0 radical (unpaired) electrons. The molecule has 3 N–H and O–H groups in total. The normalized spacial score (nSPS) is 10.1. The van der Waals surface area contributed by atoms with Gasteiger partial charge in [0.05, 0.1) is 18.4 Å². The molecule has 0 spiro atoms. The maximum atomic E-state index is 11.8. The third-order valence-corrected chi connectivity index (χ3v) is 2.26. The molecular weight excluding hydrogens is 232 g/mol. The molecule has 0 aliphatic rings. The van der Waals surface area contributed by atoms with Crippen molar-refractivity contribution < 1.29 is 4.79 Å². The van der Waals surface area contributed by atoms with Crippen molar-refractivity contribution in [3.05, 3.63) is 36.2 Å². The van der Waals surface area contributed by atoms with Gasteiger partial charge in [-0.15, -0.1) is 0 Å². The molecule has 0 aromatic carbocycles. The number of carbonyl (C=O) groups is 1. The monoisotopic (exact) mass is 246 g/mol. The Bertz CT molecular complexity index is 493. The van der Waals surface area contributed by atoms with Crippen molar-refractivity contribution in [2.75, 3.05) is 11.9 Å². The first-order valence-corrected chi connectivity index (χ1v) is 5.62. The van der Waals surface area contributed by atoms with Crippen LogP contribution in [0.1, 0.15) is 23.2 Å². The van der Waals surface area contributed by atoms with Crippen LogP contribution in [0.4, 0.5) is 5.69 Å². The number of nitrogens with zero attached hydrogens (tertiary/aromatic N) is 3. The Labute approximate surface area is 104 Å². The predicted octanol–water partition coefficient (Wildman–Crippen LogP) is 0.561. The number of amides is 1. The second-order valence-electron chi connectivity index (χ2n) is 3.58. The van der Waals surface area contributed by atoms with E-state index < -0.39 is 0 Å². The molecule has 0 aliphatic heterocycles. The molecule has 1 amide bonds. The summed E-state index contributed by atoms with van der Waals surface area (Å²) in [5.74, 6) is 0.363. The van der Waals surface area contributed by atoms with Gasteiger partial charge in [-0.1, -0.05) is 0 Å². The molecule has 18 heavy (non-hydrogen) atoms. The van der Waals surface area contributed by atoms with Crippen LogP contribution in [0.2, 0.25) is 0 Å². The summed E-state index contributed by atoms with van der Waals surface area (Å²) in [5, 5.41) is 12.2. The van der Waals surface area contributed by atoms with Crippen molar-refractivity contribution in [1.82, 2.24) is 25.5 Å². The Morgan fingerprint density at radius 2 is 2.28 bits per heavy atom. The van der Waals surface area contributed by atoms with E-state index in [2.05, 4.69) is 30.8 Å². The van der Waals surface area contributed by atoms with Gasteiger partial charge in [-0.25, -0.2) is 9.97 Å². The van der Waals surface area contributed by atoms with E-state index in [0.29, 0.717) is 18.1 Å². The van der Waals surface area contributed by atoms with Crippen LogP contribution in [0, 0.1) is 0 Å². The van der Waals surface area contributed by atoms with Crippen LogP contribution in [0.5, 0.6) is 0 Å². The molecule has 7 heteroatoms. The zero-order chi connectivity index (χ0) is 12.8. The quantitative estimate of drug-likeness (QED) is 0.716. The number of nitrogens with one attached hydrogen (secondary N) is 3. The molecule has 2 heterocycles. The molecule has 0 aliphatic carbocycles. The van der Waals surface area contributed by atoms with Crippen LogP contribution in [-0.4, -0.2) is 32.6 Å². The lowest BCUT2D eigenvalue weighted by Gasteiger charge is -2.04. The molecule has 2 aromatic rings. The highest BCUT2D eigenvalue weighted by Crippen LogP contribution is 2.05. The number of H-pyrrole nitrogens is 1. The minimum absolute atomic E-state index is 0.241. The molecule has 0 bridgehead atoms. The van der Waals surface area contributed by atoms with Crippen LogP contribution < -0.4 is 10.6 Å². The lowest BCUT2D eigenvalue weighted by atomic mass is 10.3. The lowest BCUT2D eigenvalue weighted by Crippen LogP contribution is -2.24. The van der Waals surface area contributed by atoms with E-state index in [0.717, 1.165) is 12.2 Å². The van der Waals surface area contributed by atoms with Gasteiger partial charge in [-0.05, 0) is 19.1 Å². The first-order chi connectivity index (χ1) is 8.79. The summed E-state index contributed by atoms with van der Waals surface area (Å²) in [7, 11) is 0. The number of aromatic amines is 1. The fraction of sp³-hybridized carbons (Fsp3) is 0.273. The van der Waals surface area contributed by atoms with Crippen LogP contribution >= 0.6 is 0 Å². The van der Waals surface area contributed by atoms with Crippen molar-refractivity contribution in [2.24, 2.45) is 0 Å². The van der Waals surface area contributed by atoms with Crippen molar-refractivity contribution in [1.29, 1.82) is 0 Å². The maximum absolute atomic E-state index is 11.8. The number of carbonyl (C=O) groups excluding carboxylic acids is 1. The summed E-state index contributed by atoms with van der Waals surface area (Å²) < 4.78 is 0. The molecule has 0 saturated carbocycles. The number of hydrogen-bond acceptors (Lipinski definition) is 5. The standard InChI is InChI=1S/C11H14N6O/c1-2-12-8-3-4-9(13-5-8)11(18)14-6-10-15-7-16-17-10/h3-5,7,12H,2,6H2,1H3,(H,14,18)(H,15,16,17). The highest BCUT2D eigenvalue weighted by Gasteiger charge is 2.07. The van der Waals surface area contributed by atoms with Gasteiger partial charge in [0.15, 0.2) is 0 Å². The number of rotatable bonds is 5. The van der Waals surface area contributed by atoms with Gasteiger partial charge in [0.2, 0.25) is 0 Å². The van der Waals surface area contributed by atoms with Crippen LogP contribution in [0.25, 0.3) is 0 Å². The maximum Gasteiger partial charge on any atom is 0.270 e. The zero-order valence-corrected chi connectivity index (χ0v) is 9.97. The minimum atomic E-state index is -0.241. The third-order valence-electron chi connectivity index (χ3n) is 2.26. The number of aromatic nitrogens is 4. The van der Waals surface area contributed by atoms with E-state index in [4.69, 9.17) is 0 Å². The minimum Gasteiger partial charge on any atom is -0.384 e. The Balaban J connectivity index is 1.92. The molecule has 2 rings (SSSR count). The first kappa shape index (κ1) is 12.0. The van der Waals surface area contributed by atoms with Crippen LogP contribution in [0.3, 0.4) is 0 Å². The van der Waals surface area contributed by atoms with E-state index in [1.807, 2.05) is 13.0 Å². The van der Waals surface area contributed by atoms with E-state index in [-0.39, 0.29) is 5.91 Å². The number of anilines is 1. The van der Waals surface area contributed by atoms with E-state index >= 15 is 0 Å². The summed E-state index contributed by atoms with van der Waals surface area (Å²) in [5.41, 5.74) is 1.26. The van der Waals surface area contributed by atoms with Gasteiger partial charge in [0.1, 0.15) is 17.8 Å². The van der Waals surface area contributed by atoms with Gasteiger partial charge in [-0.2, -0.15) is 5.10 Å². The van der Waals surface area contributed by atoms with Gasteiger partial charge in [-0.3, -0.25) is 9.89 Å². The van der Waals surface area contributed by atoms with E-state index in [1.54, 1.807) is 12.3 Å². The second kappa shape index (κ2) is 5.76. The summed E-state index contributed by atoms with van der Waals surface area (Å²) in [6.45, 7) is 3.12. The molecule has 7 nitrogen and oxygen atoms in total. The first-order valence-electron chi connectivity index (χ1n) is 5.62. The van der Waals surface area contributed by atoms with Gasteiger partial charge >= 0.3 is 0 Å². The highest BCUT2D eigenvalue weighted by atomic mass is 16.1. The largest absolute Gasteiger partial charge is 0.384 e. The van der Waals surface area contributed by atoms with Crippen molar-refractivity contribution in [3.63, 3.8) is 0 Å². The fourth-order valence-corrected chi connectivity index (χ4v) is 1.41. The Morgan fingerprint density at radius 3 is 2.89 bits per heavy atom. The average molecular weight is 246 g/mol. The number of hydrogen-bond donors (Lipinski definition) is 3. The summed E-state index contributed by atoms with van der Waals surface area (Å²) in [4.78, 5) is 19.7. The average Bonchev–Trinajstić information content (AvgIpc) is 2.90. The highest BCUT2D eigenvalue weighted by molar-refractivity contribution is 5.92. The second-order valence-corrected chi connectivity index (χ2v) is 3.58. The molecular formula is C11H14N6O. The zero-order valence-electron chi connectivity index (χ0n) is 9.97. The van der Waals surface area contributed by atoms with Gasteiger partial charge in [0.25, 0.3) is 5.91 Å². The van der Waals surface area contributed by atoms with Crippen LogP contribution in [-0.2, 0) is 6.54 Å². The number of pyridine rings is 1. The Morgan fingerprint density at radius 1 is 1.39 bits per heavy atom. The Hall–Kier alpha value is -2.44. The van der Waals surface area contributed by atoms with Crippen molar-refractivity contribution >= 4 is 11.6 Å². The van der Waals surface area contributed by atoms with Gasteiger partial charge in [0, 0.05) is 6.54 Å². The fourth-order valence-electron chi connectivity index (χ4n) is 1.41. The molecule has 2 aromatic heterocycles. The van der Waals surface area contributed by atoms with Crippen LogP contribution in [0.15, 0.2) is 24.7 Å². The predicted molar refractivity (Wildman–Crippen MR) is 66.0 cm³/mol. The van der Waals surface area contributed by atoms with E-state index in [9.17, 15) is 4.79 Å². The lowest BCUT2D eigenvalue weighted by molar-refractivity contribution is 0.0945. The van der Waals surface area contributed by atoms with E-state index in [1.165, 1.54) is 6.33 Å². The topological polar surface area (TPSA) is 95.6 Å². The summed E-state index contributed by atoms with van der Waals surface area (Å²) in [6, 6.07) is 3.49. The summed E-state index contributed by atoms with van der Waals surface area (Å²) >= 11 is 0. The Kier molecular flexibility index (Phi) is 3.85. The van der Waals surface area contributed by atoms with Crippen molar-refractivity contribution in [3.8, 4) is 0 Å². The third kappa shape index (κ3) is 3.03.